The molecule has 15 heavy (non-hydrogen) atoms. The summed E-state index contributed by atoms with van der Waals surface area (Å²) in [5.41, 5.74) is 8.08. The predicted octanol–water partition coefficient (Wildman–Crippen LogP) is 1.59. The molecule has 82 valence electrons. The average Bonchev–Trinajstić information content (AvgIpc) is 2.17. The fourth-order valence-electron chi connectivity index (χ4n) is 1.51. The summed E-state index contributed by atoms with van der Waals surface area (Å²) in [6, 6.07) is 7.85. The molecule has 1 aromatic rings. The SMILES string of the molecule is CCc1ccc(C[C@H](N)CC(=O)O)cc1. The predicted molar refractivity (Wildman–Crippen MR) is 59.8 cm³/mol. The van der Waals surface area contributed by atoms with Gasteiger partial charge in [-0.05, 0) is 24.0 Å². The first-order chi connectivity index (χ1) is 7.11. The van der Waals surface area contributed by atoms with Crippen LogP contribution in [0.1, 0.15) is 24.5 Å². The molecule has 1 atom stereocenters. The van der Waals surface area contributed by atoms with E-state index in [1.165, 1.54) is 5.56 Å². The number of nitrogens with two attached hydrogens (primary N) is 1. The van der Waals surface area contributed by atoms with E-state index in [-0.39, 0.29) is 12.5 Å². The highest BCUT2D eigenvalue weighted by atomic mass is 16.4. The monoisotopic (exact) mass is 207 g/mol. The highest BCUT2D eigenvalue weighted by Gasteiger charge is 2.08. The second kappa shape index (κ2) is 5.51. The molecule has 0 unspecified atom stereocenters. The fourth-order valence-corrected chi connectivity index (χ4v) is 1.51. The van der Waals surface area contributed by atoms with E-state index in [2.05, 4.69) is 19.1 Å². The summed E-state index contributed by atoms with van der Waals surface area (Å²) < 4.78 is 0. The van der Waals surface area contributed by atoms with Crippen LogP contribution in [0, 0.1) is 0 Å². The van der Waals surface area contributed by atoms with Gasteiger partial charge in [0, 0.05) is 6.04 Å². The highest BCUT2D eigenvalue weighted by Crippen LogP contribution is 2.08. The molecule has 3 heteroatoms. The number of hydrogen-bond donors (Lipinski definition) is 2. The Morgan fingerprint density at radius 2 is 1.87 bits per heavy atom. The molecule has 0 bridgehead atoms. The molecule has 0 fully saturated rings. The van der Waals surface area contributed by atoms with E-state index in [1.54, 1.807) is 0 Å². The molecule has 1 rings (SSSR count). The summed E-state index contributed by atoms with van der Waals surface area (Å²) in [5.74, 6) is -0.840. The zero-order valence-corrected chi connectivity index (χ0v) is 8.94. The second-order valence-corrected chi connectivity index (χ2v) is 3.73. The van der Waals surface area contributed by atoms with Crippen LogP contribution in [0.15, 0.2) is 24.3 Å². The largest absolute Gasteiger partial charge is 0.481 e. The molecule has 0 aliphatic carbocycles. The number of aryl methyl sites for hydroxylation is 1. The molecule has 0 aliphatic rings. The Hall–Kier alpha value is -1.35. The van der Waals surface area contributed by atoms with Crippen molar-refractivity contribution in [1.82, 2.24) is 0 Å². The van der Waals surface area contributed by atoms with Crippen LogP contribution in [0.5, 0.6) is 0 Å². The summed E-state index contributed by atoms with van der Waals surface area (Å²) in [6.45, 7) is 2.10. The molecule has 0 aliphatic heterocycles. The molecule has 0 aromatic heterocycles. The second-order valence-electron chi connectivity index (χ2n) is 3.73. The van der Waals surface area contributed by atoms with Crippen LogP contribution in [0.2, 0.25) is 0 Å². The van der Waals surface area contributed by atoms with Crippen LogP contribution in [-0.4, -0.2) is 17.1 Å². The molecular formula is C12H17NO2. The third-order valence-electron chi connectivity index (χ3n) is 2.37. The van der Waals surface area contributed by atoms with Crippen LogP contribution in [0.3, 0.4) is 0 Å². The Bertz CT molecular complexity index is 319. The molecule has 1 aromatic carbocycles. The van der Waals surface area contributed by atoms with E-state index in [9.17, 15) is 4.79 Å². The minimum Gasteiger partial charge on any atom is -0.481 e. The summed E-state index contributed by atoms with van der Waals surface area (Å²) in [7, 11) is 0. The topological polar surface area (TPSA) is 63.3 Å². The van der Waals surface area contributed by atoms with E-state index in [0.29, 0.717) is 6.42 Å². The Labute approximate surface area is 89.9 Å². The Kier molecular flexibility index (Phi) is 4.31. The van der Waals surface area contributed by atoms with Crippen molar-refractivity contribution >= 4 is 5.97 Å². The van der Waals surface area contributed by atoms with Gasteiger partial charge in [-0.2, -0.15) is 0 Å². The summed E-state index contributed by atoms with van der Waals surface area (Å²) in [4.78, 5) is 10.4. The Morgan fingerprint density at radius 1 is 1.33 bits per heavy atom. The molecule has 0 saturated heterocycles. The number of carbonyl (C=O) groups is 1. The van der Waals surface area contributed by atoms with Gasteiger partial charge in [0.25, 0.3) is 0 Å². The lowest BCUT2D eigenvalue weighted by Gasteiger charge is -2.09. The lowest BCUT2D eigenvalue weighted by Crippen LogP contribution is -2.26. The third kappa shape index (κ3) is 4.13. The Balaban J connectivity index is 2.53. The van der Waals surface area contributed by atoms with Crippen molar-refractivity contribution in [2.24, 2.45) is 5.73 Å². The van der Waals surface area contributed by atoms with Crippen LogP contribution >= 0.6 is 0 Å². The van der Waals surface area contributed by atoms with Crippen molar-refractivity contribution in [3.8, 4) is 0 Å². The normalized spacial score (nSPS) is 12.4. The standard InChI is InChI=1S/C12H17NO2/c1-2-9-3-5-10(6-4-9)7-11(13)8-12(14)15/h3-6,11H,2,7-8,13H2,1H3,(H,14,15)/t11-/m0/s1. The molecule has 3 N–H and O–H groups in total. The maximum atomic E-state index is 10.4. The molecule has 0 saturated carbocycles. The van der Waals surface area contributed by atoms with Gasteiger partial charge in [0.15, 0.2) is 0 Å². The quantitative estimate of drug-likeness (QED) is 0.770. The van der Waals surface area contributed by atoms with E-state index in [1.807, 2.05) is 12.1 Å². The summed E-state index contributed by atoms with van der Waals surface area (Å²) >= 11 is 0. The minimum atomic E-state index is -0.840. The van der Waals surface area contributed by atoms with E-state index >= 15 is 0 Å². The molecule has 0 amide bonds. The number of aliphatic carboxylic acids is 1. The van der Waals surface area contributed by atoms with Gasteiger partial charge in [-0.15, -0.1) is 0 Å². The highest BCUT2D eigenvalue weighted by molar-refractivity contribution is 5.67. The maximum Gasteiger partial charge on any atom is 0.304 e. The first-order valence-corrected chi connectivity index (χ1v) is 5.17. The Morgan fingerprint density at radius 3 is 2.33 bits per heavy atom. The van der Waals surface area contributed by atoms with Gasteiger partial charge in [-0.3, -0.25) is 4.79 Å². The number of carboxylic acid groups (broad SMARTS) is 1. The van der Waals surface area contributed by atoms with Crippen molar-refractivity contribution in [2.75, 3.05) is 0 Å². The molecular weight excluding hydrogens is 190 g/mol. The van der Waals surface area contributed by atoms with Crippen molar-refractivity contribution in [2.45, 2.75) is 32.2 Å². The van der Waals surface area contributed by atoms with Gasteiger partial charge in [-0.1, -0.05) is 31.2 Å². The first kappa shape index (κ1) is 11.7. The van der Waals surface area contributed by atoms with Crippen LogP contribution < -0.4 is 5.73 Å². The van der Waals surface area contributed by atoms with E-state index < -0.39 is 5.97 Å². The van der Waals surface area contributed by atoms with Crippen molar-refractivity contribution in [1.29, 1.82) is 0 Å². The lowest BCUT2D eigenvalue weighted by atomic mass is 10.0. The molecule has 0 spiro atoms. The number of rotatable bonds is 5. The van der Waals surface area contributed by atoms with Crippen LogP contribution in [-0.2, 0) is 17.6 Å². The molecule has 0 heterocycles. The van der Waals surface area contributed by atoms with E-state index in [4.69, 9.17) is 10.8 Å². The summed E-state index contributed by atoms with van der Waals surface area (Å²) in [5, 5.41) is 8.56. The van der Waals surface area contributed by atoms with Crippen LogP contribution in [0.4, 0.5) is 0 Å². The molecule has 3 nitrogen and oxygen atoms in total. The van der Waals surface area contributed by atoms with Gasteiger partial charge < -0.3 is 10.8 Å². The van der Waals surface area contributed by atoms with Crippen molar-refractivity contribution < 1.29 is 9.90 Å². The zero-order chi connectivity index (χ0) is 11.3. The van der Waals surface area contributed by atoms with Gasteiger partial charge >= 0.3 is 5.97 Å². The first-order valence-electron chi connectivity index (χ1n) is 5.17. The zero-order valence-electron chi connectivity index (χ0n) is 8.94. The third-order valence-corrected chi connectivity index (χ3v) is 2.37. The van der Waals surface area contributed by atoms with Crippen LogP contribution in [0.25, 0.3) is 0 Å². The fraction of sp³-hybridized carbons (Fsp3) is 0.417. The minimum absolute atomic E-state index is 0.0233. The van der Waals surface area contributed by atoms with Gasteiger partial charge in [0.05, 0.1) is 6.42 Å². The smallest absolute Gasteiger partial charge is 0.304 e. The van der Waals surface area contributed by atoms with Gasteiger partial charge in [0.1, 0.15) is 0 Å². The van der Waals surface area contributed by atoms with E-state index in [0.717, 1.165) is 12.0 Å². The summed E-state index contributed by atoms with van der Waals surface area (Å²) in [6.07, 6.45) is 1.66. The van der Waals surface area contributed by atoms with Gasteiger partial charge in [-0.25, -0.2) is 0 Å². The van der Waals surface area contributed by atoms with Crippen molar-refractivity contribution in [3.05, 3.63) is 35.4 Å². The number of benzene rings is 1. The number of carboxylic acids is 1. The number of hydrogen-bond acceptors (Lipinski definition) is 2. The van der Waals surface area contributed by atoms with Crippen molar-refractivity contribution in [3.63, 3.8) is 0 Å². The van der Waals surface area contributed by atoms with Gasteiger partial charge in [0.2, 0.25) is 0 Å². The average molecular weight is 207 g/mol. The lowest BCUT2D eigenvalue weighted by molar-refractivity contribution is -0.137. The maximum absolute atomic E-state index is 10.4. The molecule has 0 radical (unpaired) electrons.